The van der Waals surface area contributed by atoms with Crippen LogP contribution in [0.1, 0.15) is 51.6 Å². The second kappa shape index (κ2) is 6.53. The van der Waals surface area contributed by atoms with Crippen LogP contribution >= 0.6 is 12.2 Å². The molecule has 0 unspecified atom stereocenters. The van der Waals surface area contributed by atoms with Gasteiger partial charge in [0.05, 0.1) is 17.6 Å². The van der Waals surface area contributed by atoms with Crippen molar-refractivity contribution >= 4 is 22.9 Å². The van der Waals surface area contributed by atoms with Crippen molar-refractivity contribution in [1.29, 1.82) is 0 Å². The average Bonchev–Trinajstić information content (AvgIpc) is 2.85. The van der Waals surface area contributed by atoms with Gasteiger partial charge in [0.15, 0.2) is 0 Å². The average molecular weight is 291 g/mol. The molecule has 0 saturated heterocycles. The molecule has 2 rings (SSSR count). The van der Waals surface area contributed by atoms with Crippen molar-refractivity contribution in [2.24, 2.45) is 17.1 Å². The molecule has 4 heteroatoms. The molecule has 1 aromatic rings. The van der Waals surface area contributed by atoms with Gasteiger partial charge in [-0.3, -0.25) is 4.98 Å². The Kier molecular flexibility index (Phi) is 4.97. The lowest BCUT2D eigenvalue weighted by Gasteiger charge is -2.31. The third-order valence-electron chi connectivity index (χ3n) is 4.19. The van der Waals surface area contributed by atoms with Gasteiger partial charge in [0.2, 0.25) is 0 Å². The number of rotatable bonds is 6. The molecule has 0 aromatic carbocycles. The van der Waals surface area contributed by atoms with E-state index in [2.05, 4.69) is 24.1 Å². The van der Waals surface area contributed by atoms with Crippen molar-refractivity contribution in [3.05, 3.63) is 24.0 Å². The minimum atomic E-state index is 0.351. The predicted octanol–water partition coefficient (Wildman–Crippen LogP) is 3.73. The van der Waals surface area contributed by atoms with Gasteiger partial charge >= 0.3 is 0 Å². The smallest absolute Gasteiger partial charge is 0.122 e. The summed E-state index contributed by atoms with van der Waals surface area (Å²) in [6.45, 7) is 5.68. The molecule has 0 atom stereocenters. The lowest BCUT2D eigenvalue weighted by Crippen LogP contribution is -2.28. The molecule has 1 aliphatic carbocycles. The van der Waals surface area contributed by atoms with E-state index in [1.807, 2.05) is 18.3 Å². The fourth-order valence-electron chi connectivity index (χ4n) is 3.38. The van der Waals surface area contributed by atoms with Gasteiger partial charge in [-0.2, -0.15) is 0 Å². The summed E-state index contributed by atoms with van der Waals surface area (Å²) in [5.41, 5.74) is 7.77. The second-order valence-electron chi connectivity index (χ2n) is 6.45. The third-order valence-corrected chi connectivity index (χ3v) is 4.40. The van der Waals surface area contributed by atoms with E-state index in [0.717, 1.165) is 18.2 Å². The van der Waals surface area contributed by atoms with Crippen LogP contribution in [-0.2, 0) is 0 Å². The molecule has 0 radical (unpaired) electrons. The van der Waals surface area contributed by atoms with E-state index in [1.54, 1.807) is 0 Å². The molecule has 1 heterocycles. The van der Waals surface area contributed by atoms with Crippen LogP contribution in [0.2, 0.25) is 0 Å². The number of nitrogens with one attached hydrogen (secondary N) is 1. The van der Waals surface area contributed by atoms with E-state index in [0.29, 0.717) is 16.1 Å². The zero-order valence-corrected chi connectivity index (χ0v) is 13.3. The molecule has 1 fully saturated rings. The minimum absolute atomic E-state index is 0.351. The van der Waals surface area contributed by atoms with Gasteiger partial charge in [0.1, 0.15) is 4.99 Å². The number of aromatic nitrogens is 1. The fraction of sp³-hybridized carbons (Fsp3) is 0.625. The van der Waals surface area contributed by atoms with Crippen molar-refractivity contribution in [2.75, 3.05) is 11.9 Å². The monoisotopic (exact) mass is 291 g/mol. The first-order chi connectivity index (χ1) is 9.51. The van der Waals surface area contributed by atoms with Crippen LogP contribution in [0.15, 0.2) is 18.3 Å². The molecule has 1 aliphatic rings. The van der Waals surface area contributed by atoms with Crippen molar-refractivity contribution in [3.8, 4) is 0 Å². The van der Waals surface area contributed by atoms with E-state index in [4.69, 9.17) is 18.0 Å². The number of thiocarbonyl (C=S) groups is 1. The van der Waals surface area contributed by atoms with Crippen LogP contribution in [0.3, 0.4) is 0 Å². The summed E-state index contributed by atoms with van der Waals surface area (Å²) in [4.78, 5) is 4.63. The van der Waals surface area contributed by atoms with Gasteiger partial charge in [-0.15, -0.1) is 0 Å². The second-order valence-corrected chi connectivity index (χ2v) is 6.89. The predicted molar refractivity (Wildman–Crippen MR) is 89.0 cm³/mol. The van der Waals surface area contributed by atoms with Crippen molar-refractivity contribution in [3.63, 3.8) is 0 Å². The zero-order chi connectivity index (χ0) is 14.6. The molecule has 0 aliphatic heterocycles. The Bertz CT molecular complexity index is 447. The normalized spacial score (nSPS) is 17.4. The van der Waals surface area contributed by atoms with Gasteiger partial charge in [-0.1, -0.05) is 38.9 Å². The standard InChI is InChI=1S/C16H25N3S/c1-12(2)9-16(7-3-4-8-16)11-19-13-5-6-14(15(17)20)18-10-13/h5-6,10,12,19H,3-4,7-9,11H2,1-2H3,(H2,17,20). The van der Waals surface area contributed by atoms with Gasteiger partial charge in [0.25, 0.3) is 0 Å². The number of anilines is 1. The maximum atomic E-state index is 5.56. The first-order valence-corrected chi connectivity index (χ1v) is 7.91. The Morgan fingerprint density at radius 1 is 1.40 bits per heavy atom. The number of nitrogens with zero attached hydrogens (tertiary/aromatic N) is 1. The summed E-state index contributed by atoms with van der Waals surface area (Å²) in [6.07, 6.45) is 8.55. The summed E-state index contributed by atoms with van der Waals surface area (Å²) >= 11 is 4.92. The quantitative estimate of drug-likeness (QED) is 0.784. The largest absolute Gasteiger partial charge is 0.388 e. The maximum absolute atomic E-state index is 5.56. The highest BCUT2D eigenvalue weighted by molar-refractivity contribution is 7.80. The van der Waals surface area contributed by atoms with Gasteiger partial charge in [-0.05, 0) is 42.7 Å². The van der Waals surface area contributed by atoms with Gasteiger partial charge in [0, 0.05) is 6.54 Å². The SMILES string of the molecule is CC(C)CC1(CNc2ccc(C(N)=S)nc2)CCCC1. The molecule has 1 aromatic heterocycles. The zero-order valence-electron chi connectivity index (χ0n) is 12.5. The number of pyridine rings is 1. The summed E-state index contributed by atoms with van der Waals surface area (Å²) in [5.74, 6) is 0.755. The molecule has 110 valence electrons. The fourth-order valence-corrected chi connectivity index (χ4v) is 3.50. The summed E-state index contributed by atoms with van der Waals surface area (Å²) in [7, 11) is 0. The Hall–Kier alpha value is -1.16. The number of nitrogens with two attached hydrogens (primary N) is 1. The van der Waals surface area contributed by atoms with E-state index in [9.17, 15) is 0 Å². The highest BCUT2D eigenvalue weighted by Crippen LogP contribution is 2.43. The Morgan fingerprint density at radius 2 is 2.10 bits per heavy atom. The van der Waals surface area contributed by atoms with Crippen LogP contribution in [-0.4, -0.2) is 16.5 Å². The van der Waals surface area contributed by atoms with Gasteiger partial charge in [-0.25, -0.2) is 0 Å². The molecule has 3 N–H and O–H groups in total. The molecular formula is C16H25N3S. The van der Waals surface area contributed by atoms with Crippen molar-refractivity contribution < 1.29 is 0 Å². The molecule has 0 bridgehead atoms. The number of hydrogen-bond donors (Lipinski definition) is 2. The maximum Gasteiger partial charge on any atom is 0.122 e. The summed E-state index contributed by atoms with van der Waals surface area (Å²) in [5, 5.41) is 3.55. The minimum Gasteiger partial charge on any atom is -0.388 e. The van der Waals surface area contributed by atoms with E-state index >= 15 is 0 Å². The molecule has 3 nitrogen and oxygen atoms in total. The van der Waals surface area contributed by atoms with Crippen molar-refractivity contribution in [2.45, 2.75) is 46.0 Å². The lowest BCUT2D eigenvalue weighted by molar-refractivity contribution is 0.252. The molecular weight excluding hydrogens is 266 g/mol. The van der Waals surface area contributed by atoms with Crippen LogP contribution in [0.25, 0.3) is 0 Å². The van der Waals surface area contributed by atoms with Crippen LogP contribution in [0, 0.1) is 11.3 Å². The molecule has 20 heavy (non-hydrogen) atoms. The van der Waals surface area contributed by atoms with Crippen LogP contribution in [0.5, 0.6) is 0 Å². The molecule has 0 amide bonds. The topological polar surface area (TPSA) is 50.9 Å². The summed E-state index contributed by atoms with van der Waals surface area (Å²) in [6, 6.07) is 3.90. The Morgan fingerprint density at radius 3 is 2.60 bits per heavy atom. The lowest BCUT2D eigenvalue weighted by atomic mass is 9.78. The van der Waals surface area contributed by atoms with E-state index in [1.165, 1.54) is 32.1 Å². The van der Waals surface area contributed by atoms with Gasteiger partial charge < -0.3 is 11.1 Å². The Balaban J connectivity index is 1.97. The van der Waals surface area contributed by atoms with Crippen molar-refractivity contribution in [1.82, 2.24) is 4.98 Å². The number of hydrogen-bond acceptors (Lipinski definition) is 3. The van der Waals surface area contributed by atoms with Crippen LogP contribution < -0.4 is 11.1 Å². The van der Waals surface area contributed by atoms with E-state index < -0.39 is 0 Å². The first kappa shape index (κ1) is 15.2. The molecule has 0 spiro atoms. The van der Waals surface area contributed by atoms with Crippen LogP contribution in [0.4, 0.5) is 5.69 Å². The summed E-state index contributed by atoms with van der Waals surface area (Å²) < 4.78 is 0. The highest BCUT2D eigenvalue weighted by Gasteiger charge is 2.34. The highest BCUT2D eigenvalue weighted by atomic mass is 32.1. The van der Waals surface area contributed by atoms with E-state index in [-0.39, 0.29) is 0 Å². The first-order valence-electron chi connectivity index (χ1n) is 7.50. The third kappa shape index (κ3) is 3.92. The molecule has 1 saturated carbocycles. The Labute approximate surface area is 127 Å².